The van der Waals surface area contributed by atoms with Crippen LogP contribution < -0.4 is 23.5 Å². The molecular weight excluding hydrogens is 398 g/mol. The second-order valence-electron chi connectivity index (χ2n) is 5.28. The Morgan fingerprint density at radius 1 is 0.750 bits per heavy atom. The van der Waals surface area contributed by atoms with Crippen molar-refractivity contribution in [2.75, 3.05) is 28.4 Å². The summed E-state index contributed by atoms with van der Waals surface area (Å²) in [6.07, 6.45) is 3.53. The minimum Gasteiger partial charge on any atom is -0.493 e. The van der Waals surface area contributed by atoms with Crippen molar-refractivity contribution < 1.29 is 37.8 Å². The molecule has 8 nitrogen and oxygen atoms in total. The van der Waals surface area contributed by atoms with E-state index in [0.29, 0.717) is 22.8 Å². The second kappa shape index (κ2) is 10.8. The Labute approximate surface area is 185 Å². The number of hydrogen-bond acceptors (Lipinski definition) is 6. The molecule has 0 amide bonds. The Morgan fingerprint density at radius 2 is 1.25 bits per heavy atom. The molecule has 0 aliphatic carbocycles. The van der Waals surface area contributed by atoms with E-state index in [-0.39, 0.29) is 41.1 Å². The van der Waals surface area contributed by atoms with Crippen LogP contribution in [0.4, 0.5) is 0 Å². The number of rotatable bonds is 8. The Hall–Kier alpha value is -1.67. The predicted molar refractivity (Wildman–Crippen MR) is 106 cm³/mol. The van der Waals surface area contributed by atoms with Crippen LogP contribution in [0.5, 0.6) is 28.7 Å². The second-order valence-corrected chi connectivity index (χ2v) is 6.45. The third kappa shape index (κ3) is 6.44. The van der Waals surface area contributed by atoms with Gasteiger partial charge in [-0.15, -0.1) is 0 Å². The van der Waals surface area contributed by atoms with Crippen molar-refractivity contribution in [3.8, 4) is 28.7 Å². The molecule has 0 unspecified atom stereocenters. The van der Waals surface area contributed by atoms with Crippen LogP contribution in [0.1, 0.15) is 11.1 Å². The molecule has 10 heteroatoms. The molecule has 0 saturated carbocycles. The SMILES string of the molecule is COc1ccc(/C=C/c2cc(OC)c(OC)c(OC)c2)cc1OP(=O)(O)O.[Na]. The summed E-state index contributed by atoms with van der Waals surface area (Å²) >= 11 is 0. The first-order valence-corrected chi connectivity index (χ1v) is 9.25. The first kappa shape index (κ1) is 24.4. The van der Waals surface area contributed by atoms with E-state index in [4.69, 9.17) is 28.7 Å². The molecule has 2 aromatic rings. The van der Waals surface area contributed by atoms with E-state index >= 15 is 0 Å². The van der Waals surface area contributed by atoms with Gasteiger partial charge in [0, 0.05) is 29.6 Å². The molecule has 0 aliphatic heterocycles. The molecule has 2 aromatic carbocycles. The topological polar surface area (TPSA) is 104 Å². The summed E-state index contributed by atoms with van der Waals surface area (Å²) in [4.78, 5) is 18.1. The van der Waals surface area contributed by atoms with Crippen LogP contribution in [-0.4, -0.2) is 67.8 Å². The van der Waals surface area contributed by atoms with Crippen LogP contribution in [-0.2, 0) is 4.57 Å². The molecule has 1 radical (unpaired) electrons. The van der Waals surface area contributed by atoms with Crippen molar-refractivity contribution in [1.82, 2.24) is 0 Å². The maximum atomic E-state index is 11.1. The van der Waals surface area contributed by atoms with E-state index in [1.165, 1.54) is 34.5 Å². The van der Waals surface area contributed by atoms with Crippen LogP contribution >= 0.6 is 7.82 Å². The molecule has 0 spiro atoms. The fourth-order valence-corrected chi connectivity index (χ4v) is 2.79. The number of benzene rings is 2. The van der Waals surface area contributed by atoms with Crippen molar-refractivity contribution in [3.63, 3.8) is 0 Å². The zero-order valence-corrected chi connectivity index (χ0v) is 19.2. The van der Waals surface area contributed by atoms with E-state index in [0.717, 1.165) is 5.56 Å². The first-order valence-electron chi connectivity index (χ1n) is 7.72. The summed E-state index contributed by atoms with van der Waals surface area (Å²) < 4.78 is 36.8. The van der Waals surface area contributed by atoms with Gasteiger partial charge in [-0.05, 0) is 35.4 Å². The molecule has 0 fully saturated rings. The maximum absolute atomic E-state index is 11.1. The number of phosphoric ester groups is 1. The molecule has 28 heavy (non-hydrogen) atoms. The van der Waals surface area contributed by atoms with Crippen molar-refractivity contribution in [2.24, 2.45) is 0 Å². The molecular formula is C18H21NaO8P. The molecule has 2 rings (SSSR count). The average molecular weight is 419 g/mol. The quantitative estimate of drug-likeness (QED) is 0.382. The van der Waals surface area contributed by atoms with Gasteiger partial charge in [0.1, 0.15) is 0 Å². The normalized spacial score (nSPS) is 10.9. The fourth-order valence-electron chi connectivity index (χ4n) is 2.39. The first-order chi connectivity index (χ1) is 12.8. The van der Waals surface area contributed by atoms with Gasteiger partial charge in [0.05, 0.1) is 28.4 Å². The van der Waals surface area contributed by atoms with Crippen LogP contribution in [0.15, 0.2) is 30.3 Å². The Bertz CT molecular complexity index is 853. The van der Waals surface area contributed by atoms with Gasteiger partial charge in [0.15, 0.2) is 23.0 Å². The number of methoxy groups -OCH3 is 4. The predicted octanol–water partition coefficient (Wildman–Crippen LogP) is 2.98. The molecule has 0 saturated heterocycles. The van der Waals surface area contributed by atoms with Gasteiger partial charge >= 0.3 is 7.82 Å². The Morgan fingerprint density at radius 3 is 1.71 bits per heavy atom. The fraction of sp³-hybridized carbons (Fsp3) is 0.222. The van der Waals surface area contributed by atoms with Gasteiger partial charge in [0.2, 0.25) is 5.75 Å². The van der Waals surface area contributed by atoms with Crippen LogP contribution in [0.25, 0.3) is 12.2 Å². The minimum absolute atomic E-state index is 0. The number of phosphoric acid groups is 1. The van der Waals surface area contributed by atoms with E-state index in [1.807, 2.05) is 0 Å². The largest absolute Gasteiger partial charge is 0.524 e. The Kier molecular flexibility index (Phi) is 9.36. The van der Waals surface area contributed by atoms with E-state index in [2.05, 4.69) is 4.52 Å². The smallest absolute Gasteiger partial charge is 0.493 e. The van der Waals surface area contributed by atoms with E-state index in [9.17, 15) is 4.57 Å². The van der Waals surface area contributed by atoms with E-state index in [1.54, 1.807) is 36.4 Å². The third-order valence-corrected chi connectivity index (χ3v) is 3.99. The number of hydrogen-bond donors (Lipinski definition) is 2. The van der Waals surface area contributed by atoms with Gasteiger partial charge < -0.3 is 23.5 Å². The van der Waals surface area contributed by atoms with Gasteiger partial charge in [0.25, 0.3) is 0 Å². The van der Waals surface area contributed by atoms with Crippen molar-refractivity contribution >= 4 is 49.5 Å². The summed E-state index contributed by atoms with van der Waals surface area (Å²) in [5.74, 6) is 1.66. The summed E-state index contributed by atoms with van der Waals surface area (Å²) in [5.41, 5.74) is 1.42. The monoisotopic (exact) mass is 419 g/mol. The van der Waals surface area contributed by atoms with Crippen molar-refractivity contribution in [2.45, 2.75) is 0 Å². The van der Waals surface area contributed by atoms with Crippen LogP contribution in [0.2, 0.25) is 0 Å². The number of ether oxygens (including phenoxy) is 4. The van der Waals surface area contributed by atoms with Gasteiger partial charge in [-0.2, -0.15) is 0 Å². The summed E-state index contributed by atoms with van der Waals surface area (Å²) in [6, 6.07) is 8.29. The molecule has 0 bridgehead atoms. The summed E-state index contributed by atoms with van der Waals surface area (Å²) in [7, 11) is 1.26. The van der Waals surface area contributed by atoms with Gasteiger partial charge in [-0.3, -0.25) is 9.79 Å². The third-order valence-electron chi connectivity index (χ3n) is 3.56. The van der Waals surface area contributed by atoms with Crippen LogP contribution in [0, 0.1) is 0 Å². The summed E-state index contributed by atoms with van der Waals surface area (Å²) in [6.45, 7) is 0. The minimum atomic E-state index is -4.71. The molecule has 147 valence electrons. The van der Waals surface area contributed by atoms with Crippen LogP contribution in [0.3, 0.4) is 0 Å². The molecule has 0 atom stereocenters. The zero-order chi connectivity index (χ0) is 20.0. The summed E-state index contributed by atoms with van der Waals surface area (Å²) in [5, 5.41) is 0. The van der Waals surface area contributed by atoms with Gasteiger partial charge in [-0.25, -0.2) is 4.57 Å². The molecule has 0 aromatic heterocycles. The molecule has 0 heterocycles. The average Bonchev–Trinajstić information content (AvgIpc) is 2.64. The van der Waals surface area contributed by atoms with Crippen molar-refractivity contribution in [1.29, 1.82) is 0 Å². The Balaban J connectivity index is 0.00000392. The molecule has 0 aliphatic rings. The van der Waals surface area contributed by atoms with Crippen molar-refractivity contribution in [3.05, 3.63) is 41.5 Å². The maximum Gasteiger partial charge on any atom is 0.524 e. The standard InChI is InChI=1S/C18H21O8P.Na/c1-22-14-8-7-12(9-15(14)26-27(19,20)21)5-6-13-10-16(23-2)18(25-4)17(11-13)24-3;/h5-11H,1-4H3,(H2,19,20,21);/b6-5+;. The van der Waals surface area contributed by atoms with E-state index < -0.39 is 7.82 Å². The zero-order valence-electron chi connectivity index (χ0n) is 16.3. The van der Waals surface area contributed by atoms with Gasteiger partial charge in [-0.1, -0.05) is 18.2 Å². The molecule has 2 N–H and O–H groups in total.